The Hall–Kier alpha value is -0.400. The number of rotatable bonds is 2. The van der Waals surface area contributed by atoms with Gasteiger partial charge < -0.3 is 5.32 Å². The van der Waals surface area contributed by atoms with E-state index in [0.29, 0.717) is 5.56 Å². The molecule has 2 aromatic rings. The zero-order valence-electron chi connectivity index (χ0n) is 10.0. The molecule has 1 amide bonds. The average molecular weight is 495 g/mol. The van der Waals surface area contributed by atoms with Crippen molar-refractivity contribution in [3.05, 3.63) is 60.0 Å². The standard InChI is InChI=1S/C14H10Br2INO/c1-8-2-4-10(11(15)6-8)14(19)18-9-3-5-13(17)12(16)7-9/h2-7H,1H3,(H,18,19). The van der Waals surface area contributed by atoms with Crippen LogP contribution in [-0.4, -0.2) is 5.91 Å². The minimum atomic E-state index is -0.125. The number of carbonyl (C=O) groups is 1. The number of hydrogen-bond acceptors (Lipinski definition) is 1. The van der Waals surface area contributed by atoms with Crippen molar-refractivity contribution in [2.75, 3.05) is 5.32 Å². The molecule has 0 aliphatic carbocycles. The summed E-state index contributed by atoms with van der Waals surface area (Å²) in [5.74, 6) is -0.125. The van der Waals surface area contributed by atoms with Crippen LogP contribution >= 0.6 is 54.5 Å². The zero-order chi connectivity index (χ0) is 14.0. The lowest BCUT2D eigenvalue weighted by molar-refractivity contribution is 0.102. The van der Waals surface area contributed by atoms with E-state index in [4.69, 9.17) is 0 Å². The van der Waals surface area contributed by atoms with Gasteiger partial charge >= 0.3 is 0 Å². The van der Waals surface area contributed by atoms with Gasteiger partial charge in [0.1, 0.15) is 0 Å². The molecule has 0 bridgehead atoms. The fraction of sp³-hybridized carbons (Fsp3) is 0.0714. The van der Waals surface area contributed by atoms with Gasteiger partial charge in [-0.05, 0) is 97.3 Å². The third-order valence-electron chi connectivity index (χ3n) is 2.55. The minimum Gasteiger partial charge on any atom is -0.322 e. The van der Waals surface area contributed by atoms with E-state index in [1.54, 1.807) is 0 Å². The Morgan fingerprint density at radius 3 is 2.47 bits per heavy atom. The van der Waals surface area contributed by atoms with Gasteiger partial charge in [0.25, 0.3) is 5.91 Å². The summed E-state index contributed by atoms with van der Waals surface area (Å²) in [7, 11) is 0. The highest BCUT2D eigenvalue weighted by molar-refractivity contribution is 14.1. The lowest BCUT2D eigenvalue weighted by Crippen LogP contribution is -2.12. The molecule has 1 N–H and O–H groups in total. The summed E-state index contributed by atoms with van der Waals surface area (Å²) in [5.41, 5.74) is 2.51. The van der Waals surface area contributed by atoms with Crippen LogP contribution in [0.1, 0.15) is 15.9 Å². The molecule has 0 aliphatic heterocycles. The number of nitrogens with one attached hydrogen (secondary N) is 1. The molecule has 0 fully saturated rings. The van der Waals surface area contributed by atoms with E-state index >= 15 is 0 Å². The largest absolute Gasteiger partial charge is 0.322 e. The van der Waals surface area contributed by atoms with Crippen molar-refractivity contribution in [3.8, 4) is 0 Å². The summed E-state index contributed by atoms with van der Waals surface area (Å²) >= 11 is 9.09. The second kappa shape index (κ2) is 6.37. The molecule has 0 atom stereocenters. The summed E-state index contributed by atoms with van der Waals surface area (Å²) in [6.07, 6.45) is 0. The monoisotopic (exact) mass is 493 g/mol. The summed E-state index contributed by atoms with van der Waals surface area (Å²) < 4.78 is 2.87. The summed E-state index contributed by atoms with van der Waals surface area (Å²) in [6, 6.07) is 11.4. The van der Waals surface area contributed by atoms with Gasteiger partial charge in [-0.25, -0.2) is 0 Å². The normalized spacial score (nSPS) is 10.3. The lowest BCUT2D eigenvalue weighted by Gasteiger charge is -2.08. The molecule has 0 unspecified atom stereocenters. The predicted molar refractivity (Wildman–Crippen MR) is 93.7 cm³/mol. The van der Waals surface area contributed by atoms with Crippen LogP contribution in [-0.2, 0) is 0 Å². The second-order valence-electron chi connectivity index (χ2n) is 4.07. The van der Waals surface area contributed by atoms with Crippen molar-refractivity contribution in [2.24, 2.45) is 0 Å². The average Bonchev–Trinajstić information content (AvgIpc) is 2.33. The molecule has 0 saturated carbocycles. The van der Waals surface area contributed by atoms with Crippen LogP contribution in [0, 0.1) is 10.5 Å². The molecule has 5 heteroatoms. The number of carbonyl (C=O) groups excluding carboxylic acids is 1. The summed E-state index contributed by atoms with van der Waals surface area (Å²) in [6.45, 7) is 1.99. The molecule has 2 aromatic carbocycles. The molecule has 2 rings (SSSR count). The molecule has 98 valence electrons. The smallest absolute Gasteiger partial charge is 0.256 e. The predicted octanol–water partition coefficient (Wildman–Crippen LogP) is 5.38. The zero-order valence-corrected chi connectivity index (χ0v) is 15.3. The maximum Gasteiger partial charge on any atom is 0.256 e. The summed E-state index contributed by atoms with van der Waals surface area (Å²) in [5, 5.41) is 2.88. The Kier molecular flexibility index (Phi) is 5.03. The van der Waals surface area contributed by atoms with Gasteiger partial charge in [-0.1, -0.05) is 6.07 Å². The molecule has 0 aromatic heterocycles. The molecule has 19 heavy (non-hydrogen) atoms. The molecule has 2 nitrogen and oxygen atoms in total. The fourth-order valence-electron chi connectivity index (χ4n) is 1.58. The van der Waals surface area contributed by atoms with Crippen molar-refractivity contribution in [1.29, 1.82) is 0 Å². The van der Waals surface area contributed by atoms with E-state index < -0.39 is 0 Å². The highest BCUT2D eigenvalue weighted by atomic mass is 127. The van der Waals surface area contributed by atoms with Gasteiger partial charge in [-0.15, -0.1) is 0 Å². The molecule has 0 radical (unpaired) electrons. The molecule has 0 saturated heterocycles. The topological polar surface area (TPSA) is 29.1 Å². The maximum atomic E-state index is 12.2. The van der Waals surface area contributed by atoms with E-state index in [1.165, 1.54) is 0 Å². The Bertz CT molecular complexity index is 643. The fourth-order valence-corrected chi connectivity index (χ4v) is 2.96. The first kappa shape index (κ1) is 15.0. The number of halogens is 3. The summed E-state index contributed by atoms with van der Waals surface area (Å²) in [4.78, 5) is 12.2. The Labute approximate surface area is 142 Å². The Balaban J connectivity index is 2.23. The first-order valence-corrected chi connectivity index (χ1v) is 8.16. The van der Waals surface area contributed by atoms with Crippen molar-refractivity contribution in [1.82, 2.24) is 0 Å². The third kappa shape index (κ3) is 3.79. The van der Waals surface area contributed by atoms with Crippen molar-refractivity contribution >= 4 is 66.0 Å². The third-order valence-corrected chi connectivity index (χ3v) is 5.54. The van der Waals surface area contributed by atoms with Gasteiger partial charge in [0.15, 0.2) is 0 Å². The quantitative estimate of drug-likeness (QED) is 0.558. The van der Waals surface area contributed by atoms with Crippen molar-refractivity contribution < 1.29 is 4.79 Å². The second-order valence-corrected chi connectivity index (χ2v) is 6.94. The van der Waals surface area contributed by atoms with Crippen LogP contribution in [0.15, 0.2) is 45.3 Å². The number of benzene rings is 2. The number of aryl methyl sites for hydroxylation is 1. The van der Waals surface area contributed by atoms with Crippen molar-refractivity contribution in [2.45, 2.75) is 6.92 Å². The van der Waals surface area contributed by atoms with Gasteiger partial charge in [0.05, 0.1) is 5.56 Å². The van der Waals surface area contributed by atoms with Crippen LogP contribution in [0.5, 0.6) is 0 Å². The lowest BCUT2D eigenvalue weighted by atomic mass is 10.1. The number of amides is 1. The molecule has 0 heterocycles. The highest BCUT2D eigenvalue weighted by Gasteiger charge is 2.10. The van der Waals surface area contributed by atoms with Crippen LogP contribution in [0.2, 0.25) is 0 Å². The van der Waals surface area contributed by atoms with Crippen LogP contribution < -0.4 is 5.32 Å². The highest BCUT2D eigenvalue weighted by Crippen LogP contribution is 2.24. The molecule has 0 aliphatic rings. The molecule has 0 spiro atoms. The van der Waals surface area contributed by atoms with Crippen molar-refractivity contribution in [3.63, 3.8) is 0 Å². The first-order chi connectivity index (χ1) is 8.97. The number of hydrogen-bond donors (Lipinski definition) is 1. The van der Waals surface area contributed by atoms with E-state index in [2.05, 4.69) is 59.8 Å². The van der Waals surface area contributed by atoms with E-state index in [0.717, 1.165) is 23.8 Å². The van der Waals surface area contributed by atoms with Crippen LogP contribution in [0.4, 0.5) is 5.69 Å². The SMILES string of the molecule is Cc1ccc(C(=O)Nc2ccc(I)c(Br)c2)c(Br)c1. The molecular weight excluding hydrogens is 485 g/mol. The van der Waals surface area contributed by atoms with E-state index in [1.807, 2.05) is 43.3 Å². The van der Waals surface area contributed by atoms with Gasteiger partial charge in [-0.2, -0.15) is 0 Å². The van der Waals surface area contributed by atoms with Crippen LogP contribution in [0.25, 0.3) is 0 Å². The van der Waals surface area contributed by atoms with Crippen LogP contribution in [0.3, 0.4) is 0 Å². The van der Waals surface area contributed by atoms with E-state index in [9.17, 15) is 4.79 Å². The molecular formula is C14H10Br2INO. The maximum absolute atomic E-state index is 12.2. The van der Waals surface area contributed by atoms with Gasteiger partial charge in [-0.3, -0.25) is 4.79 Å². The van der Waals surface area contributed by atoms with E-state index in [-0.39, 0.29) is 5.91 Å². The first-order valence-electron chi connectivity index (χ1n) is 5.50. The minimum absolute atomic E-state index is 0.125. The number of anilines is 1. The Morgan fingerprint density at radius 2 is 1.84 bits per heavy atom. The Morgan fingerprint density at radius 1 is 1.11 bits per heavy atom. The van der Waals surface area contributed by atoms with Gasteiger partial charge in [0.2, 0.25) is 0 Å². The van der Waals surface area contributed by atoms with Gasteiger partial charge in [0, 0.05) is 18.2 Å².